The molecule has 0 aromatic heterocycles. The Kier molecular flexibility index (Phi) is 5.75. The summed E-state index contributed by atoms with van der Waals surface area (Å²) < 4.78 is 14.3. The summed E-state index contributed by atoms with van der Waals surface area (Å²) in [7, 11) is -4.60. The Balaban J connectivity index is 2.16. The van der Waals surface area contributed by atoms with Crippen LogP contribution < -0.4 is 0 Å². The molecular weight excluding hydrogens is 397 g/mol. The lowest BCUT2D eigenvalue weighted by Crippen LogP contribution is -2.83. The molecule has 158 valence electrons. The van der Waals surface area contributed by atoms with Crippen LogP contribution in [0.25, 0.3) is 0 Å². The highest BCUT2D eigenvalue weighted by Crippen LogP contribution is 2.64. The van der Waals surface area contributed by atoms with Gasteiger partial charge in [-0.3, -0.25) is 0 Å². The Hall–Kier alpha value is 0.788. The number of rotatable bonds is 7. The lowest BCUT2D eigenvalue weighted by atomic mass is 9.50. The van der Waals surface area contributed by atoms with Crippen LogP contribution in [-0.4, -0.2) is 43.7 Å². The van der Waals surface area contributed by atoms with Crippen LogP contribution in [0.15, 0.2) is 0 Å². The average Bonchev–Trinajstić information content (AvgIpc) is 2.41. The molecule has 4 saturated carbocycles. The van der Waals surface area contributed by atoms with E-state index in [1.165, 1.54) is 38.5 Å². The first-order chi connectivity index (χ1) is 12.1. The van der Waals surface area contributed by atoms with E-state index >= 15 is 0 Å². The third kappa shape index (κ3) is 3.80. The summed E-state index contributed by atoms with van der Waals surface area (Å²) in [6, 6.07) is 0. The maximum absolute atomic E-state index is 7.38. The van der Waals surface area contributed by atoms with Crippen molar-refractivity contribution in [3.63, 3.8) is 0 Å². The van der Waals surface area contributed by atoms with Crippen molar-refractivity contribution in [3.05, 3.63) is 0 Å². The van der Waals surface area contributed by atoms with Gasteiger partial charge in [-0.15, -0.1) is 0 Å². The Morgan fingerprint density at radius 2 is 1.07 bits per heavy atom. The molecule has 0 saturated heterocycles. The summed E-state index contributed by atoms with van der Waals surface area (Å²) in [6.07, 6.45) is 8.88. The molecule has 4 bridgehead atoms. The molecule has 4 fully saturated rings. The van der Waals surface area contributed by atoms with Crippen LogP contribution in [0.3, 0.4) is 0 Å². The van der Waals surface area contributed by atoms with E-state index in [-0.39, 0.29) is 0 Å². The van der Waals surface area contributed by atoms with Crippen molar-refractivity contribution in [1.29, 1.82) is 0 Å². The fourth-order valence-corrected chi connectivity index (χ4v) is 55.6. The zero-order valence-electron chi connectivity index (χ0n) is 19.9. The molecule has 0 radical (unpaired) electrons. The van der Waals surface area contributed by atoms with Crippen LogP contribution in [0.4, 0.5) is 0 Å². The minimum Gasteiger partial charge on any atom is -0.423 e. The van der Waals surface area contributed by atoms with Gasteiger partial charge in [0, 0.05) is 7.11 Å². The third-order valence-corrected chi connectivity index (χ3v) is 45.4. The van der Waals surface area contributed by atoms with Crippen LogP contribution >= 0.6 is 0 Å². The van der Waals surface area contributed by atoms with Gasteiger partial charge in [0.25, 0.3) is 0 Å². The summed E-state index contributed by atoms with van der Waals surface area (Å²) in [5.41, 5.74) is 0.895. The first-order valence-corrected chi connectivity index (χ1v) is 25.8. The van der Waals surface area contributed by atoms with Crippen molar-refractivity contribution >= 4 is 30.9 Å². The Bertz CT molecular complexity index is 507. The van der Waals surface area contributed by atoms with E-state index in [2.05, 4.69) is 66.0 Å². The second-order valence-electron chi connectivity index (χ2n) is 13.3. The average molecular weight is 443 g/mol. The van der Waals surface area contributed by atoms with Crippen LogP contribution in [-0.2, 0) is 8.85 Å². The SMILES string of the molecule is CO[Si]([C@@H](O[Si](C)(C)C)C12CC3CC(CC(C3)C1)C2)([Si](C)(C)C)[Si](C)(C)C. The summed E-state index contributed by atoms with van der Waals surface area (Å²) in [5.74, 6) is 2.95. The highest BCUT2D eigenvalue weighted by Gasteiger charge is 2.69. The number of hydrogen-bond acceptors (Lipinski definition) is 2. The maximum Gasteiger partial charge on any atom is 0.194 e. The van der Waals surface area contributed by atoms with Gasteiger partial charge < -0.3 is 8.85 Å². The smallest absolute Gasteiger partial charge is 0.194 e. The van der Waals surface area contributed by atoms with Gasteiger partial charge in [0.15, 0.2) is 15.7 Å². The molecule has 0 heterocycles. The second-order valence-corrected chi connectivity index (χ2v) is 44.2. The van der Waals surface area contributed by atoms with Crippen molar-refractivity contribution in [3.8, 4) is 0 Å². The van der Waals surface area contributed by atoms with Gasteiger partial charge in [0.05, 0.1) is 20.9 Å². The molecule has 0 amide bonds. The summed E-state index contributed by atoms with van der Waals surface area (Å²) >= 11 is 0. The molecule has 2 nitrogen and oxygen atoms in total. The van der Waals surface area contributed by atoms with E-state index in [9.17, 15) is 0 Å². The van der Waals surface area contributed by atoms with Crippen molar-refractivity contribution in [2.24, 2.45) is 23.2 Å². The normalized spacial score (nSPS) is 35.6. The van der Waals surface area contributed by atoms with Crippen molar-refractivity contribution in [2.75, 3.05) is 7.11 Å². The largest absolute Gasteiger partial charge is 0.423 e. The first kappa shape index (κ1) is 22.5. The van der Waals surface area contributed by atoms with E-state index in [1.54, 1.807) is 0 Å². The van der Waals surface area contributed by atoms with E-state index in [1.807, 2.05) is 0 Å². The molecule has 0 aromatic rings. The minimum atomic E-state index is -2.01. The van der Waals surface area contributed by atoms with Crippen LogP contribution in [0.1, 0.15) is 38.5 Å². The lowest BCUT2D eigenvalue weighted by Gasteiger charge is -2.65. The molecule has 6 heteroatoms. The Labute approximate surface area is 173 Å². The summed E-state index contributed by atoms with van der Waals surface area (Å²) in [6.45, 7) is 22.9. The van der Waals surface area contributed by atoms with E-state index < -0.39 is 30.9 Å². The second kappa shape index (κ2) is 6.91. The molecule has 0 spiro atoms. The molecule has 4 aliphatic rings. The molecule has 0 aliphatic heterocycles. The van der Waals surface area contributed by atoms with Gasteiger partial charge in [-0.1, -0.05) is 39.3 Å². The van der Waals surface area contributed by atoms with Crippen molar-refractivity contribution < 1.29 is 8.85 Å². The molecule has 1 atom stereocenters. The van der Waals surface area contributed by atoms with Crippen LogP contribution in [0.5, 0.6) is 0 Å². The maximum atomic E-state index is 7.38. The van der Waals surface area contributed by atoms with E-state index in [0.717, 1.165) is 17.8 Å². The quantitative estimate of drug-likeness (QED) is 0.425. The van der Waals surface area contributed by atoms with Gasteiger partial charge in [-0.05, 0) is 81.3 Å². The predicted octanol–water partition coefficient (Wildman–Crippen LogP) is 6.39. The zero-order valence-corrected chi connectivity index (χ0v) is 23.9. The van der Waals surface area contributed by atoms with Crippen LogP contribution in [0.2, 0.25) is 58.9 Å². The fourth-order valence-electron chi connectivity index (χ4n) is 8.12. The third-order valence-electron chi connectivity index (χ3n) is 8.03. The highest BCUT2D eigenvalue weighted by molar-refractivity contribution is 7.67. The van der Waals surface area contributed by atoms with Gasteiger partial charge in [0.2, 0.25) is 0 Å². The van der Waals surface area contributed by atoms with Gasteiger partial charge in [0.1, 0.15) is 0 Å². The first-order valence-electron chi connectivity index (χ1n) is 11.4. The molecular formula is C21H46O2Si4. The Morgan fingerprint density at radius 3 is 1.33 bits per heavy atom. The predicted molar refractivity (Wildman–Crippen MR) is 128 cm³/mol. The zero-order chi connectivity index (χ0) is 20.5. The number of hydrogen-bond donors (Lipinski definition) is 0. The van der Waals surface area contributed by atoms with Gasteiger partial charge >= 0.3 is 0 Å². The topological polar surface area (TPSA) is 18.5 Å². The fraction of sp³-hybridized carbons (Fsp3) is 1.00. The lowest BCUT2D eigenvalue weighted by molar-refractivity contribution is -0.0944. The van der Waals surface area contributed by atoms with Crippen LogP contribution in [0, 0.1) is 23.2 Å². The Morgan fingerprint density at radius 1 is 0.704 bits per heavy atom. The molecule has 0 aromatic carbocycles. The van der Waals surface area contributed by atoms with Crippen molar-refractivity contribution in [1.82, 2.24) is 0 Å². The molecule has 4 aliphatic carbocycles. The summed E-state index contributed by atoms with van der Waals surface area (Å²) in [5, 5.41) is 0. The summed E-state index contributed by atoms with van der Waals surface area (Å²) in [4.78, 5) is 0. The molecule has 27 heavy (non-hydrogen) atoms. The monoisotopic (exact) mass is 442 g/mol. The minimum absolute atomic E-state index is 0.442. The highest BCUT2D eigenvalue weighted by atomic mass is 29.7. The standard InChI is InChI=1S/C21H46O2Si4/c1-22-27(25(5,6)7,26(8,9)10)20(23-24(2,3)4)21-14-17-11-18(15-21)13-19(12-17)16-21/h17-20H,11-16H2,1-10H3/t17?,18?,19?,20-,21?/m1/s1. The van der Waals surface area contributed by atoms with E-state index in [4.69, 9.17) is 8.85 Å². The molecule has 0 N–H and O–H groups in total. The molecule has 0 unspecified atom stereocenters. The van der Waals surface area contributed by atoms with Gasteiger partial charge in [-0.25, -0.2) is 0 Å². The van der Waals surface area contributed by atoms with Gasteiger partial charge in [-0.2, -0.15) is 0 Å². The van der Waals surface area contributed by atoms with Crippen molar-refractivity contribution in [2.45, 2.75) is 103 Å². The molecule has 4 rings (SSSR count). The van der Waals surface area contributed by atoms with E-state index in [0.29, 0.717) is 11.1 Å².